The van der Waals surface area contributed by atoms with Gasteiger partial charge in [0, 0.05) is 38.8 Å². The summed E-state index contributed by atoms with van der Waals surface area (Å²) >= 11 is 0. The van der Waals surface area contributed by atoms with Crippen molar-refractivity contribution in [2.45, 2.75) is 66.2 Å². The average molecular weight is 448 g/mol. The predicted octanol–water partition coefficient (Wildman–Crippen LogP) is 3.38. The Morgan fingerprint density at radius 3 is 2.28 bits per heavy atom. The number of ether oxygens (including phenoxy) is 1. The first-order valence-electron chi connectivity index (χ1n) is 11.3. The van der Waals surface area contributed by atoms with Crippen LogP contribution in [-0.4, -0.2) is 61.7 Å². The number of rotatable bonds is 9. The highest BCUT2D eigenvalue weighted by Crippen LogP contribution is 2.11. The number of hydrogen-bond acceptors (Lipinski definition) is 4. The van der Waals surface area contributed by atoms with Crippen molar-refractivity contribution in [3.05, 3.63) is 35.4 Å². The maximum Gasteiger partial charge on any atom is 0.407 e. The van der Waals surface area contributed by atoms with Gasteiger partial charge in [-0.3, -0.25) is 4.79 Å². The third kappa shape index (κ3) is 10.0. The summed E-state index contributed by atoms with van der Waals surface area (Å²) in [4.78, 5) is 30.7. The van der Waals surface area contributed by atoms with E-state index in [0.717, 1.165) is 31.0 Å². The van der Waals surface area contributed by atoms with Gasteiger partial charge in [-0.2, -0.15) is 0 Å². The molecule has 2 amide bonds. The van der Waals surface area contributed by atoms with E-state index in [0.29, 0.717) is 12.1 Å². The third-order valence-corrected chi connectivity index (χ3v) is 4.83. The molecule has 1 aromatic carbocycles. The van der Waals surface area contributed by atoms with E-state index in [1.807, 2.05) is 46.9 Å². The number of benzene rings is 1. The van der Waals surface area contributed by atoms with Gasteiger partial charge < -0.3 is 25.6 Å². The molecule has 32 heavy (non-hydrogen) atoms. The Balaban J connectivity index is 2.74. The summed E-state index contributed by atoms with van der Waals surface area (Å²) in [6, 6.07) is 7.42. The zero-order valence-electron chi connectivity index (χ0n) is 20.9. The van der Waals surface area contributed by atoms with Crippen LogP contribution in [0, 0.1) is 5.92 Å². The molecule has 0 spiro atoms. The number of nitrogens with one attached hydrogen (secondary N) is 3. The smallest absolute Gasteiger partial charge is 0.407 e. The summed E-state index contributed by atoms with van der Waals surface area (Å²) in [5.74, 6) is 0.963. The second kappa shape index (κ2) is 12.9. The van der Waals surface area contributed by atoms with E-state index in [4.69, 9.17) is 9.73 Å². The van der Waals surface area contributed by atoms with Crippen molar-refractivity contribution in [1.29, 1.82) is 0 Å². The molecular weight excluding hydrogens is 406 g/mol. The van der Waals surface area contributed by atoms with Crippen molar-refractivity contribution in [2.75, 3.05) is 27.2 Å². The molecule has 0 radical (unpaired) electrons. The first-order chi connectivity index (χ1) is 15.0. The Labute approximate surface area is 193 Å². The zero-order chi connectivity index (χ0) is 24.3. The Kier molecular flexibility index (Phi) is 11.0. The quantitative estimate of drug-likeness (QED) is 0.398. The fourth-order valence-electron chi connectivity index (χ4n) is 3.01. The van der Waals surface area contributed by atoms with Crippen LogP contribution >= 0.6 is 0 Å². The number of alkyl carbamates (subject to hydrolysis) is 1. The Hall–Kier alpha value is -2.77. The summed E-state index contributed by atoms with van der Waals surface area (Å²) in [7, 11) is 3.60. The molecule has 0 bridgehead atoms. The van der Waals surface area contributed by atoms with Crippen LogP contribution in [0.15, 0.2) is 29.3 Å². The van der Waals surface area contributed by atoms with E-state index in [2.05, 4.69) is 34.7 Å². The lowest BCUT2D eigenvalue weighted by atomic mass is 10.0. The normalized spacial score (nSPS) is 12.8. The van der Waals surface area contributed by atoms with Crippen molar-refractivity contribution >= 4 is 18.0 Å². The number of aliphatic imine (C=N–C) groups is 1. The molecule has 0 fully saturated rings. The SMILES string of the molecule is CCNC(=NCc1ccc(C(=O)NC)cc1)N(C)CCC(NC(=O)OC(C)(C)C)C(C)C. The van der Waals surface area contributed by atoms with E-state index >= 15 is 0 Å². The minimum atomic E-state index is -0.522. The Bertz CT molecular complexity index is 754. The molecule has 0 aliphatic rings. The molecule has 1 rings (SSSR count). The minimum Gasteiger partial charge on any atom is -0.444 e. The highest BCUT2D eigenvalue weighted by Gasteiger charge is 2.22. The summed E-state index contributed by atoms with van der Waals surface area (Å²) in [6.45, 7) is 13.8. The summed E-state index contributed by atoms with van der Waals surface area (Å²) in [5, 5.41) is 8.93. The van der Waals surface area contributed by atoms with E-state index < -0.39 is 5.60 Å². The van der Waals surface area contributed by atoms with Crippen LogP contribution in [-0.2, 0) is 11.3 Å². The number of hydrogen-bond donors (Lipinski definition) is 3. The van der Waals surface area contributed by atoms with Crippen LogP contribution in [0.5, 0.6) is 0 Å². The van der Waals surface area contributed by atoms with Gasteiger partial charge in [-0.1, -0.05) is 26.0 Å². The molecule has 1 atom stereocenters. The number of nitrogens with zero attached hydrogens (tertiary/aromatic N) is 2. The third-order valence-electron chi connectivity index (χ3n) is 4.83. The monoisotopic (exact) mass is 447 g/mol. The van der Waals surface area contributed by atoms with E-state index in [1.54, 1.807) is 19.2 Å². The van der Waals surface area contributed by atoms with Gasteiger partial charge in [-0.25, -0.2) is 9.79 Å². The summed E-state index contributed by atoms with van der Waals surface area (Å²) < 4.78 is 5.40. The van der Waals surface area contributed by atoms with Gasteiger partial charge in [0.1, 0.15) is 5.60 Å². The van der Waals surface area contributed by atoms with E-state index in [1.165, 1.54) is 0 Å². The largest absolute Gasteiger partial charge is 0.444 e. The van der Waals surface area contributed by atoms with Crippen LogP contribution in [0.3, 0.4) is 0 Å². The van der Waals surface area contributed by atoms with Crippen LogP contribution in [0.4, 0.5) is 4.79 Å². The topological polar surface area (TPSA) is 95.1 Å². The van der Waals surface area contributed by atoms with Crippen LogP contribution < -0.4 is 16.0 Å². The second-order valence-corrected chi connectivity index (χ2v) is 9.15. The molecule has 0 aromatic heterocycles. The lowest BCUT2D eigenvalue weighted by Crippen LogP contribution is -2.45. The number of carbonyl (C=O) groups is 2. The van der Waals surface area contributed by atoms with Gasteiger partial charge >= 0.3 is 6.09 Å². The van der Waals surface area contributed by atoms with Crippen LogP contribution in [0.1, 0.15) is 63.9 Å². The molecule has 0 saturated carbocycles. The molecular formula is C24H41N5O3. The van der Waals surface area contributed by atoms with Crippen molar-refractivity contribution in [1.82, 2.24) is 20.9 Å². The zero-order valence-corrected chi connectivity index (χ0v) is 20.9. The van der Waals surface area contributed by atoms with Crippen molar-refractivity contribution in [3.8, 4) is 0 Å². The maximum atomic E-state index is 12.2. The van der Waals surface area contributed by atoms with E-state index in [-0.39, 0.29) is 24.0 Å². The van der Waals surface area contributed by atoms with Crippen molar-refractivity contribution in [3.63, 3.8) is 0 Å². The van der Waals surface area contributed by atoms with Gasteiger partial charge in [0.15, 0.2) is 5.96 Å². The predicted molar refractivity (Wildman–Crippen MR) is 130 cm³/mol. The molecule has 0 saturated heterocycles. The first-order valence-corrected chi connectivity index (χ1v) is 11.3. The van der Waals surface area contributed by atoms with Gasteiger partial charge in [0.25, 0.3) is 5.91 Å². The molecule has 8 nitrogen and oxygen atoms in total. The number of amides is 2. The van der Waals surface area contributed by atoms with Crippen LogP contribution in [0.25, 0.3) is 0 Å². The molecule has 0 aliphatic heterocycles. The minimum absolute atomic E-state index is 0.00701. The molecule has 8 heteroatoms. The standard InChI is InChI=1S/C24H41N5O3/c1-9-26-22(27-16-18-10-12-19(13-11-18)21(30)25-7)29(8)15-14-20(17(2)3)28-23(31)32-24(4,5)6/h10-13,17,20H,9,14-16H2,1-8H3,(H,25,30)(H,26,27)(H,28,31). The molecule has 0 aliphatic carbocycles. The molecule has 3 N–H and O–H groups in total. The van der Waals surface area contributed by atoms with E-state index in [9.17, 15) is 9.59 Å². The lowest BCUT2D eigenvalue weighted by Gasteiger charge is -2.28. The molecule has 0 heterocycles. The first kappa shape index (κ1) is 27.3. The van der Waals surface area contributed by atoms with Crippen molar-refractivity contribution < 1.29 is 14.3 Å². The number of carbonyl (C=O) groups excluding carboxylic acids is 2. The highest BCUT2D eigenvalue weighted by molar-refractivity contribution is 5.93. The summed E-state index contributed by atoms with van der Waals surface area (Å²) in [6.07, 6.45) is 0.373. The summed E-state index contributed by atoms with van der Waals surface area (Å²) in [5.41, 5.74) is 1.13. The number of guanidine groups is 1. The van der Waals surface area contributed by atoms with Gasteiger partial charge in [0.2, 0.25) is 0 Å². The van der Waals surface area contributed by atoms with Gasteiger partial charge in [-0.15, -0.1) is 0 Å². The fourth-order valence-corrected chi connectivity index (χ4v) is 3.01. The maximum absolute atomic E-state index is 12.2. The lowest BCUT2D eigenvalue weighted by molar-refractivity contribution is 0.0485. The average Bonchev–Trinajstić information content (AvgIpc) is 2.72. The molecule has 180 valence electrons. The molecule has 1 unspecified atom stereocenters. The Morgan fingerprint density at radius 2 is 1.78 bits per heavy atom. The van der Waals surface area contributed by atoms with Gasteiger partial charge in [-0.05, 0) is 57.7 Å². The highest BCUT2D eigenvalue weighted by atomic mass is 16.6. The van der Waals surface area contributed by atoms with Crippen molar-refractivity contribution in [2.24, 2.45) is 10.9 Å². The second-order valence-electron chi connectivity index (χ2n) is 9.15. The van der Waals surface area contributed by atoms with Crippen LogP contribution in [0.2, 0.25) is 0 Å². The van der Waals surface area contributed by atoms with Gasteiger partial charge in [0.05, 0.1) is 6.54 Å². The fraction of sp³-hybridized carbons (Fsp3) is 0.625. The molecule has 1 aromatic rings. The Morgan fingerprint density at radius 1 is 1.16 bits per heavy atom.